The van der Waals surface area contributed by atoms with Crippen molar-refractivity contribution in [3.8, 4) is 5.75 Å². The van der Waals surface area contributed by atoms with Crippen molar-refractivity contribution < 1.29 is 13.9 Å². The predicted octanol–water partition coefficient (Wildman–Crippen LogP) is 4.04. The van der Waals surface area contributed by atoms with Crippen molar-refractivity contribution in [3.05, 3.63) is 89.4 Å². The van der Waals surface area contributed by atoms with Crippen LogP contribution in [0.25, 0.3) is 0 Å². The summed E-state index contributed by atoms with van der Waals surface area (Å²) in [6.45, 7) is 2.60. The minimum atomic E-state index is -0.273. The first-order chi connectivity index (χ1) is 16.0. The van der Waals surface area contributed by atoms with Crippen LogP contribution in [0.15, 0.2) is 66.9 Å². The molecule has 2 heterocycles. The van der Waals surface area contributed by atoms with Gasteiger partial charge in [-0.1, -0.05) is 24.3 Å². The lowest BCUT2D eigenvalue weighted by Gasteiger charge is -2.22. The second kappa shape index (κ2) is 10.4. The van der Waals surface area contributed by atoms with E-state index in [4.69, 9.17) is 4.74 Å². The predicted molar refractivity (Wildman–Crippen MR) is 127 cm³/mol. The first-order valence-electron chi connectivity index (χ1n) is 11.2. The number of amides is 1. The van der Waals surface area contributed by atoms with Gasteiger partial charge in [0.1, 0.15) is 23.5 Å². The van der Waals surface area contributed by atoms with E-state index in [-0.39, 0.29) is 17.8 Å². The van der Waals surface area contributed by atoms with E-state index in [0.717, 1.165) is 30.0 Å². The number of rotatable bonds is 8. The van der Waals surface area contributed by atoms with Crippen molar-refractivity contribution in [1.82, 2.24) is 15.2 Å². The molecule has 0 spiro atoms. The lowest BCUT2D eigenvalue weighted by molar-refractivity contribution is 0.0754. The number of anilines is 1. The molecule has 0 unspecified atom stereocenters. The number of hydrogen-bond donors (Lipinski definition) is 1. The second-order valence-electron chi connectivity index (χ2n) is 8.22. The molecule has 0 saturated heterocycles. The summed E-state index contributed by atoms with van der Waals surface area (Å²) in [6.07, 6.45) is 2.17. The first kappa shape index (κ1) is 22.7. The van der Waals surface area contributed by atoms with Crippen LogP contribution in [-0.2, 0) is 6.54 Å². The van der Waals surface area contributed by atoms with E-state index < -0.39 is 0 Å². The van der Waals surface area contributed by atoms with Gasteiger partial charge in [0.05, 0.1) is 5.56 Å². The fourth-order valence-corrected chi connectivity index (χ4v) is 4.00. The van der Waals surface area contributed by atoms with Gasteiger partial charge in [0.2, 0.25) is 0 Å². The fraction of sp³-hybridized carbons (Fsp3) is 0.308. The zero-order valence-electron chi connectivity index (χ0n) is 19.0. The highest BCUT2D eigenvalue weighted by Gasteiger charge is 2.25. The van der Waals surface area contributed by atoms with Gasteiger partial charge in [-0.3, -0.25) is 4.79 Å². The van der Waals surface area contributed by atoms with E-state index in [0.29, 0.717) is 30.8 Å². The normalized spacial score (nSPS) is 14.6. The Hall–Kier alpha value is -3.45. The van der Waals surface area contributed by atoms with Gasteiger partial charge < -0.3 is 19.9 Å². The fourth-order valence-electron chi connectivity index (χ4n) is 4.00. The van der Waals surface area contributed by atoms with Crippen molar-refractivity contribution in [3.63, 3.8) is 0 Å². The van der Waals surface area contributed by atoms with Crippen LogP contribution in [0.5, 0.6) is 5.75 Å². The van der Waals surface area contributed by atoms with E-state index in [1.165, 1.54) is 12.1 Å². The second-order valence-corrected chi connectivity index (χ2v) is 8.22. The summed E-state index contributed by atoms with van der Waals surface area (Å²) in [5.74, 6) is 1.14. The van der Waals surface area contributed by atoms with E-state index in [9.17, 15) is 9.18 Å². The van der Waals surface area contributed by atoms with Crippen LogP contribution in [0.1, 0.15) is 34.0 Å². The lowest BCUT2D eigenvalue weighted by Crippen LogP contribution is -2.33. The highest BCUT2D eigenvalue weighted by molar-refractivity contribution is 5.99. The molecule has 1 amide bonds. The van der Waals surface area contributed by atoms with Crippen LogP contribution >= 0.6 is 0 Å². The van der Waals surface area contributed by atoms with Gasteiger partial charge in [-0.05, 0) is 61.1 Å². The summed E-state index contributed by atoms with van der Waals surface area (Å²) in [6, 6.07) is 17.9. The molecule has 0 radical (unpaired) electrons. The lowest BCUT2D eigenvalue weighted by atomic mass is 10.1. The third kappa shape index (κ3) is 5.49. The van der Waals surface area contributed by atoms with E-state index in [2.05, 4.69) is 10.3 Å². The van der Waals surface area contributed by atoms with Crippen molar-refractivity contribution >= 4 is 11.7 Å². The molecule has 0 aliphatic carbocycles. The van der Waals surface area contributed by atoms with Gasteiger partial charge in [-0.15, -0.1) is 0 Å². The topological polar surface area (TPSA) is 57.7 Å². The smallest absolute Gasteiger partial charge is 0.257 e. The first-order valence-corrected chi connectivity index (χ1v) is 11.2. The highest BCUT2D eigenvalue weighted by Crippen LogP contribution is 2.27. The van der Waals surface area contributed by atoms with Crippen molar-refractivity contribution in [1.29, 1.82) is 0 Å². The number of carbonyl (C=O) groups is 1. The zero-order chi connectivity index (χ0) is 23.2. The summed E-state index contributed by atoms with van der Waals surface area (Å²) in [4.78, 5) is 21.3. The average molecular weight is 449 g/mol. The Labute approximate surface area is 194 Å². The van der Waals surface area contributed by atoms with Crippen LogP contribution in [-0.4, -0.2) is 49.5 Å². The molecule has 0 fully saturated rings. The molecule has 172 valence electrons. The van der Waals surface area contributed by atoms with Gasteiger partial charge in [0, 0.05) is 39.3 Å². The minimum Gasteiger partial charge on any atom is -0.486 e. The van der Waals surface area contributed by atoms with Crippen molar-refractivity contribution in [2.45, 2.75) is 19.1 Å². The number of ether oxygens (including phenoxy) is 1. The molecule has 0 bridgehead atoms. The quantitative estimate of drug-likeness (QED) is 0.564. The maximum absolute atomic E-state index is 13.7. The number of halogens is 1. The summed E-state index contributed by atoms with van der Waals surface area (Å²) in [5.41, 5.74) is 2.45. The van der Waals surface area contributed by atoms with Crippen LogP contribution < -0.4 is 15.0 Å². The van der Waals surface area contributed by atoms with E-state index in [1.54, 1.807) is 18.3 Å². The molecule has 33 heavy (non-hydrogen) atoms. The molecule has 4 rings (SSSR count). The molecular formula is C26H29FN4O2. The van der Waals surface area contributed by atoms with Crippen LogP contribution in [0.2, 0.25) is 0 Å². The molecule has 1 aliphatic rings. The minimum absolute atomic E-state index is 0.0130. The molecule has 1 aromatic heterocycles. The summed E-state index contributed by atoms with van der Waals surface area (Å²) in [7, 11) is 3.84. The maximum Gasteiger partial charge on any atom is 0.257 e. The number of nitrogens with one attached hydrogen (secondary N) is 1. The molecule has 0 saturated carbocycles. The Kier molecular flexibility index (Phi) is 7.19. The Morgan fingerprint density at radius 1 is 1.12 bits per heavy atom. The Morgan fingerprint density at radius 3 is 2.70 bits per heavy atom. The van der Waals surface area contributed by atoms with Crippen molar-refractivity contribution in [2.75, 3.05) is 38.6 Å². The number of likely N-dealkylation sites (N-methyl/N-ethyl adjacent to an activating group) is 1. The number of nitrogens with zero attached hydrogens (tertiary/aromatic N) is 3. The van der Waals surface area contributed by atoms with Gasteiger partial charge in [-0.25, -0.2) is 9.37 Å². The van der Waals surface area contributed by atoms with Gasteiger partial charge in [-0.2, -0.15) is 0 Å². The SMILES string of the molecule is CNCC[C@@H](Oc1ccc(CN2CCN(C)c3ncccc3C2=O)cc1)c1cccc(F)c1. The molecule has 3 aromatic rings. The number of aromatic nitrogens is 1. The number of benzene rings is 2. The van der Waals surface area contributed by atoms with E-state index >= 15 is 0 Å². The third-order valence-corrected chi connectivity index (χ3v) is 5.82. The third-order valence-electron chi connectivity index (χ3n) is 5.82. The van der Waals surface area contributed by atoms with Crippen LogP contribution in [0.3, 0.4) is 0 Å². The molecular weight excluding hydrogens is 419 g/mol. The largest absolute Gasteiger partial charge is 0.486 e. The molecule has 1 aliphatic heterocycles. The van der Waals surface area contributed by atoms with Gasteiger partial charge in [0.25, 0.3) is 5.91 Å². The van der Waals surface area contributed by atoms with Gasteiger partial charge >= 0.3 is 0 Å². The number of pyridine rings is 1. The zero-order valence-corrected chi connectivity index (χ0v) is 19.0. The van der Waals surface area contributed by atoms with Gasteiger partial charge in [0.15, 0.2) is 0 Å². The van der Waals surface area contributed by atoms with E-state index in [1.807, 2.05) is 60.3 Å². The summed E-state index contributed by atoms with van der Waals surface area (Å²) in [5, 5.41) is 3.12. The molecule has 6 nitrogen and oxygen atoms in total. The van der Waals surface area contributed by atoms with Crippen LogP contribution in [0, 0.1) is 5.82 Å². The Morgan fingerprint density at radius 2 is 1.94 bits per heavy atom. The molecule has 1 atom stereocenters. The number of fused-ring (bicyclic) bond motifs is 1. The Balaban J connectivity index is 1.46. The maximum atomic E-state index is 13.7. The Bertz CT molecular complexity index is 1090. The number of carbonyl (C=O) groups excluding carboxylic acids is 1. The van der Waals surface area contributed by atoms with Crippen LogP contribution in [0.4, 0.5) is 10.2 Å². The monoisotopic (exact) mass is 448 g/mol. The number of hydrogen-bond acceptors (Lipinski definition) is 5. The molecule has 1 N–H and O–H groups in total. The summed E-state index contributed by atoms with van der Waals surface area (Å²) >= 11 is 0. The molecule has 7 heteroatoms. The summed E-state index contributed by atoms with van der Waals surface area (Å²) < 4.78 is 19.9. The highest BCUT2D eigenvalue weighted by atomic mass is 19.1. The average Bonchev–Trinajstić information content (AvgIpc) is 2.95. The van der Waals surface area contributed by atoms with Crippen molar-refractivity contribution in [2.24, 2.45) is 0 Å². The standard InChI is InChI=1S/C26H29FN4O2/c1-28-14-12-24(20-5-3-6-21(27)17-20)33-22-10-8-19(9-11-22)18-31-16-15-30(2)25-23(26(31)32)7-4-13-29-25/h3-11,13,17,24,28H,12,14-16,18H2,1-2H3/t24-/m1/s1. The molecule has 2 aromatic carbocycles.